The lowest BCUT2D eigenvalue weighted by Gasteiger charge is -2.31. The van der Waals surface area contributed by atoms with Gasteiger partial charge in [0.25, 0.3) is 0 Å². The molecule has 3 heteroatoms. The first-order valence-corrected chi connectivity index (χ1v) is 9.09. The number of hydrogen-bond donors (Lipinski definition) is 1. The molecule has 2 atom stereocenters. The van der Waals surface area contributed by atoms with Crippen LogP contribution in [0.5, 0.6) is 0 Å². The highest BCUT2D eigenvalue weighted by Gasteiger charge is 2.38. The van der Waals surface area contributed by atoms with Crippen LogP contribution in [0.3, 0.4) is 0 Å². The summed E-state index contributed by atoms with van der Waals surface area (Å²) in [6.07, 6.45) is 24.3. The maximum Gasteiger partial charge on any atom is 0.338 e. The summed E-state index contributed by atoms with van der Waals surface area (Å²) in [5, 5.41) is 9.74. The molecule has 0 aromatic heterocycles. The first-order chi connectivity index (χ1) is 11.6. The van der Waals surface area contributed by atoms with Crippen molar-refractivity contribution in [2.24, 2.45) is 0 Å². The molecular formula is C21H32O3. The van der Waals surface area contributed by atoms with Gasteiger partial charge in [-0.2, -0.15) is 0 Å². The molecule has 0 aromatic rings. The number of carbonyl (C=O) groups excluding carboxylic acids is 1. The zero-order chi connectivity index (χ0) is 17.7. The maximum absolute atomic E-state index is 11.6. The normalized spacial score (nSPS) is 25.5. The van der Waals surface area contributed by atoms with Crippen LogP contribution in [-0.4, -0.2) is 22.8 Å². The highest BCUT2D eigenvalue weighted by molar-refractivity contribution is 5.79. The van der Waals surface area contributed by atoms with Crippen LogP contribution in [0.1, 0.15) is 65.2 Å². The molecule has 3 nitrogen and oxygen atoms in total. The van der Waals surface area contributed by atoms with E-state index in [1.54, 1.807) is 0 Å². The molecule has 1 heterocycles. The summed E-state index contributed by atoms with van der Waals surface area (Å²) < 4.78 is 5.26. The first kappa shape index (κ1) is 20.4. The molecule has 1 N–H and O–H groups in total. The van der Waals surface area contributed by atoms with Gasteiger partial charge in [0.15, 0.2) is 5.60 Å². The number of cyclic esters (lactones) is 1. The number of aliphatic hydroxyl groups is 1. The average Bonchev–Trinajstić information content (AvgIpc) is 2.55. The van der Waals surface area contributed by atoms with Crippen LogP contribution in [0.2, 0.25) is 0 Å². The predicted molar refractivity (Wildman–Crippen MR) is 99.7 cm³/mol. The summed E-state index contributed by atoms with van der Waals surface area (Å²) in [6, 6.07) is 0. The number of ether oxygens (including phenoxy) is 1. The van der Waals surface area contributed by atoms with Crippen molar-refractivity contribution in [2.75, 3.05) is 0 Å². The number of hydrogen-bond acceptors (Lipinski definition) is 3. The molecule has 134 valence electrons. The van der Waals surface area contributed by atoms with Gasteiger partial charge in [-0.25, -0.2) is 4.79 Å². The van der Waals surface area contributed by atoms with Crippen molar-refractivity contribution in [3.05, 3.63) is 48.6 Å². The minimum atomic E-state index is -1.29. The molecule has 1 aliphatic heterocycles. The lowest BCUT2D eigenvalue weighted by atomic mass is 9.93. The minimum Gasteiger partial charge on any atom is -0.460 e. The quantitative estimate of drug-likeness (QED) is 0.451. The molecule has 1 aliphatic rings. The molecule has 1 fully saturated rings. The van der Waals surface area contributed by atoms with Crippen molar-refractivity contribution in [3.63, 3.8) is 0 Å². The molecule has 2 unspecified atom stereocenters. The molecular weight excluding hydrogens is 300 g/mol. The highest BCUT2D eigenvalue weighted by Crippen LogP contribution is 2.26. The summed E-state index contributed by atoms with van der Waals surface area (Å²) in [5.41, 5.74) is -1.29. The Kier molecular flexibility index (Phi) is 10.1. The zero-order valence-corrected chi connectivity index (χ0v) is 15.1. The van der Waals surface area contributed by atoms with Crippen molar-refractivity contribution < 1.29 is 14.6 Å². The van der Waals surface area contributed by atoms with Gasteiger partial charge in [0.1, 0.15) is 6.10 Å². The minimum absolute atomic E-state index is 0.0511. The van der Waals surface area contributed by atoms with Crippen LogP contribution in [0, 0.1) is 0 Å². The van der Waals surface area contributed by atoms with Crippen LogP contribution in [0.15, 0.2) is 48.6 Å². The molecule has 0 amide bonds. The van der Waals surface area contributed by atoms with E-state index in [0.29, 0.717) is 6.42 Å². The number of esters is 1. The van der Waals surface area contributed by atoms with E-state index in [0.717, 1.165) is 44.9 Å². The summed E-state index contributed by atoms with van der Waals surface area (Å²) in [7, 11) is 0. The Morgan fingerprint density at radius 2 is 1.58 bits per heavy atom. The van der Waals surface area contributed by atoms with E-state index < -0.39 is 11.6 Å². The second-order valence-corrected chi connectivity index (χ2v) is 6.42. The van der Waals surface area contributed by atoms with E-state index in [1.165, 1.54) is 6.92 Å². The van der Waals surface area contributed by atoms with E-state index in [-0.39, 0.29) is 6.10 Å². The van der Waals surface area contributed by atoms with Gasteiger partial charge in [-0.15, -0.1) is 0 Å². The van der Waals surface area contributed by atoms with Gasteiger partial charge in [-0.1, -0.05) is 55.5 Å². The van der Waals surface area contributed by atoms with Gasteiger partial charge < -0.3 is 9.84 Å². The second kappa shape index (κ2) is 11.9. The van der Waals surface area contributed by atoms with Crippen LogP contribution >= 0.6 is 0 Å². The van der Waals surface area contributed by atoms with Crippen LogP contribution in [0.25, 0.3) is 0 Å². The van der Waals surface area contributed by atoms with E-state index in [9.17, 15) is 9.90 Å². The first-order valence-electron chi connectivity index (χ1n) is 9.09. The van der Waals surface area contributed by atoms with E-state index in [4.69, 9.17) is 4.74 Å². The highest BCUT2D eigenvalue weighted by atomic mass is 16.6. The molecule has 0 bridgehead atoms. The third-order valence-corrected chi connectivity index (χ3v) is 4.04. The van der Waals surface area contributed by atoms with Gasteiger partial charge in [-0.05, 0) is 58.3 Å². The smallest absolute Gasteiger partial charge is 0.338 e. The van der Waals surface area contributed by atoms with Gasteiger partial charge >= 0.3 is 5.97 Å². The standard InChI is InChI=1S/C21H32O3/c1-3-4-5-6-7-8-9-10-11-12-13-14-15-16-19-17-18-21(2,23)20(22)24-19/h4-5,7-8,10-11,13-14,19,23H,3,6,9,12,15-18H2,1-2H3/b5-4-,8-7-,11-10-,14-13-. The lowest BCUT2D eigenvalue weighted by Crippen LogP contribution is -2.44. The topological polar surface area (TPSA) is 46.5 Å². The summed E-state index contributed by atoms with van der Waals surface area (Å²) in [6.45, 7) is 3.66. The Labute approximate surface area is 146 Å². The fourth-order valence-electron chi connectivity index (χ4n) is 2.46. The molecule has 0 saturated carbocycles. The summed E-state index contributed by atoms with van der Waals surface area (Å²) >= 11 is 0. The van der Waals surface area contributed by atoms with Gasteiger partial charge in [-0.3, -0.25) is 0 Å². The van der Waals surface area contributed by atoms with Crippen molar-refractivity contribution in [3.8, 4) is 0 Å². The fraction of sp³-hybridized carbons (Fsp3) is 0.571. The van der Waals surface area contributed by atoms with Crippen molar-refractivity contribution in [1.29, 1.82) is 0 Å². The second-order valence-electron chi connectivity index (χ2n) is 6.42. The van der Waals surface area contributed by atoms with Gasteiger partial charge in [0.05, 0.1) is 0 Å². The number of rotatable bonds is 10. The van der Waals surface area contributed by atoms with Crippen LogP contribution in [-0.2, 0) is 9.53 Å². The predicted octanol–water partition coefficient (Wildman–Crippen LogP) is 5.03. The summed E-state index contributed by atoms with van der Waals surface area (Å²) in [5.74, 6) is -0.482. The lowest BCUT2D eigenvalue weighted by molar-refractivity contribution is -0.180. The molecule has 0 aromatic carbocycles. The Morgan fingerprint density at radius 3 is 2.12 bits per heavy atom. The van der Waals surface area contributed by atoms with Gasteiger partial charge in [0, 0.05) is 0 Å². The average molecular weight is 332 g/mol. The van der Waals surface area contributed by atoms with Crippen LogP contribution < -0.4 is 0 Å². The Bertz CT molecular complexity index is 469. The van der Waals surface area contributed by atoms with Crippen molar-refractivity contribution in [1.82, 2.24) is 0 Å². The zero-order valence-electron chi connectivity index (χ0n) is 15.1. The Balaban J connectivity index is 2.05. The molecule has 1 saturated heterocycles. The number of allylic oxidation sites excluding steroid dienone is 8. The molecule has 1 rings (SSSR count). The van der Waals surface area contributed by atoms with Crippen LogP contribution in [0.4, 0.5) is 0 Å². The third-order valence-electron chi connectivity index (χ3n) is 4.04. The Hall–Kier alpha value is -1.61. The summed E-state index contributed by atoms with van der Waals surface area (Å²) in [4.78, 5) is 11.6. The SMILES string of the molecule is CC/C=C\C/C=C\C/C=C\C/C=C\CCC1CCC(C)(O)C(=O)O1. The molecule has 0 aliphatic carbocycles. The van der Waals surface area contributed by atoms with Crippen molar-refractivity contribution in [2.45, 2.75) is 76.9 Å². The van der Waals surface area contributed by atoms with Gasteiger partial charge in [0.2, 0.25) is 0 Å². The largest absolute Gasteiger partial charge is 0.460 e. The Morgan fingerprint density at radius 1 is 1.04 bits per heavy atom. The van der Waals surface area contributed by atoms with Crippen molar-refractivity contribution >= 4 is 5.97 Å². The maximum atomic E-state index is 11.6. The number of carbonyl (C=O) groups is 1. The third kappa shape index (κ3) is 8.88. The van der Waals surface area contributed by atoms with E-state index in [1.807, 2.05) is 0 Å². The fourth-order valence-corrected chi connectivity index (χ4v) is 2.46. The molecule has 24 heavy (non-hydrogen) atoms. The molecule has 0 spiro atoms. The van der Waals surface area contributed by atoms with E-state index >= 15 is 0 Å². The molecule has 0 radical (unpaired) electrons. The monoisotopic (exact) mass is 332 g/mol. The van der Waals surface area contributed by atoms with E-state index in [2.05, 4.69) is 55.5 Å².